The van der Waals surface area contributed by atoms with Crippen LogP contribution in [0.3, 0.4) is 0 Å². The zero-order valence-electron chi connectivity index (χ0n) is 26.3. The van der Waals surface area contributed by atoms with Gasteiger partial charge in [0.25, 0.3) is 5.56 Å². The quantitative estimate of drug-likeness (QED) is 0.137. The van der Waals surface area contributed by atoms with Gasteiger partial charge in [0.2, 0.25) is 0 Å². The number of nitriles is 1. The first-order valence-electron chi connectivity index (χ1n) is 14.7. The Labute approximate surface area is 303 Å². The predicted octanol–water partition coefficient (Wildman–Crippen LogP) is 6.25. The third-order valence-electron chi connectivity index (χ3n) is 7.22. The van der Waals surface area contributed by atoms with Gasteiger partial charge in [-0.05, 0) is 115 Å². The number of fused-ring (bicyclic) bond motifs is 1. The lowest BCUT2D eigenvalue weighted by atomic mass is 9.95. The number of hydrogen-bond donors (Lipinski definition) is 0. The summed E-state index contributed by atoms with van der Waals surface area (Å²) in [6, 6.07) is 18.0. The molecule has 4 aromatic rings. The molecule has 0 saturated heterocycles. The number of ether oxygens (including phenoxy) is 4. The highest BCUT2D eigenvalue weighted by Gasteiger charge is 2.34. The minimum Gasteiger partial charge on any atom is -0.493 e. The van der Waals surface area contributed by atoms with Crippen LogP contribution in [0.15, 0.2) is 75.7 Å². The highest BCUT2D eigenvalue weighted by atomic mass is 127. The van der Waals surface area contributed by atoms with Crippen molar-refractivity contribution in [3.8, 4) is 23.3 Å². The van der Waals surface area contributed by atoms with Crippen LogP contribution in [-0.2, 0) is 16.1 Å². The lowest BCUT2D eigenvalue weighted by Crippen LogP contribution is -2.40. The van der Waals surface area contributed by atoms with Crippen molar-refractivity contribution in [2.45, 2.75) is 46.4 Å². The zero-order chi connectivity index (χ0) is 33.8. The molecule has 2 heterocycles. The number of methoxy groups -OCH3 is 1. The highest BCUT2D eigenvalue weighted by Crippen LogP contribution is 2.37. The topological polar surface area (TPSA) is 112 Å². The van der Waals surface area contributed by atoms with Gasteiger partial charge >= 0.3 is 5.97 Å². The number of esters is 1. The van der Waals surface area contributed by atoms with E-state index in [1.54, 1.807) is 45.2 Å². The maximum Gasteiger partial charge on any atom is 0.338 e. The van der Waals surface area contributed by atoms with E-state index in [-0.39, 0.29) is 30.5 Å². The number of halogens is 2. The van der Waals surface area contributed by atoms with Gasteiger partial charge < -0.3 is 18.9 Å². The van der Waals surface area contributed by atoms with Gasteiger partial charge in [0.15, 0.2) is 16.3 Å². The first-order chi connectivity index (χ1) is 22.6. The molecule has 0 radical (unpaired) electrons. The molecular formula is C35H31I2N3O6S. The molecule has 0 bridgehead atoms. The molecule has 0 saturated carbocycles. The summed E-state index contributed by atoms with van der Waals surface area (Å²) >= 11 is 5.68. The van der Waals surface area contributed by atoms with Gasteiger partial charge in [-0.25, -0.2) is 9.79 Å². The normalized spacial score (nSPS) is 14.4. The fourth-order valence-electron chi connectivity index (χ4n) is 5.20. The maximum atomic E-state index is 14.3. The van der Waals surface area contributed by atoms with E-state index >= 15 is 0 Å². The lowest BCUT2D eigenvalue weighted by molar-refractivity contribution is -0.139. The van der Waals surface area contributed by atoms with Crippen molar-refractivity contribution in [1.29, 1.82) is 5.26 Å². The van der Waals surface area contributed by atoms with Gasteiger partial charge in [-0.2, -0.15) is 5.26 Å². The summed E-state index contributed by atoms with van der Waals surface area (Å²) in [5, 5.41) is 9.54. The SMILES string of the molecule is CCOC(=O)C1=C(C)N=c2s/c(=C/c3cc(I)cc(I)c3OCc3ccccc3C#N)c(=O)n2[C@@H]1c1ccc(OC(C)C)c(OC)c1. The van der Waals surface area contributed by atoms with Crippen molar-refractivity contribution in [1.82, 2.24) is 4.57 Å². The Morgan fingerprint density at radius 1 is 1.15 bits per heavy atom. The third-order valence-corrected chi connectivity index (χ3v) is 9.62. The molecule has 9 nitrogen and oxygen atoms in total. The Hall–Kier alpha value is -3.68. The van der Waals surface area contributed by atoms with Gasteiger partial charge in [0, 0.05) is 14.7 Å². The molecule has 0 aliphatic carbocycles. The molecule has 1 atom stereocenters. The Balaban J connectivity index is 1.66. The molecule has 0 amide bonds. The van der Waals surface area contributed by atoms with Crippen molar-refractivity contribution in [3.05, 3.63) is 115 Å². The summed E-state index contributed by atoms with van der Waals surface area (Å²) in [4.78, 5) is 32.8. The number of aromatic nitrogens is 1. The van der Waals surface area contributed by atoms with Crippen LogP contribution in [0.1, 0.15) is 56.0 Å². The number of carbonyl (C=O) groups is 1. The van der Waals surface area contributed by atoms with Crippen molar-refractivity contribution in [2.24, 2.45) is 4.99 Å². The summed E-state index contributed by atoms with van der Waals surface area (Å²) in [7, 11) is 1.55. The second-order valence-electron chi connectivity index (χ2n) is 10.7. The van der Waals surface area contributed by atoms with Gasteiger partial charge in [-0.3, -0.25) is 9.36 Å². The van der Waals surface area contributed by atoms with E-state index in [1.165, 1.54) is 15.9 Å². The standard InChI is InChI=1S/C35H31I2N3O6S/c1-6-44-34(42)30-20(4)39-35-40(31(30)21-11-12-27(46-19(2)3)28(14-21)43-5)33(41)29(47-35)15-24-13-25(36)16-26(37)32(24)45-18-23-10-8-7-9-22(23)17-38/h7-16,19,31H,6,18H2,1-5H3/b29-15+/t31-/m1/s1. The highest BCUT2D eigenvalue weighted by molar-refractivity contribution is 14.1. The number of carbonyl (C=O) groups excluding carboxylic acids is 1. The van der Waals surface area contributed by atoms with Gasteiger partial charge in [0.1, 0.15) is 12.4 Å². The summed E-state index contributed by atoms with van der Waals surface area (Å²) in [5.41, 5.74) is 3.07. The molecule has 1 aromatic heterocycles. The number of rotatable bonds is 10. The van der Waals surface area contributed by atoms with Crippen LogP contribution in [-0.4, -0.2) is 30.4 Å². The number of benzene rings is 3. The van der Waals surface area contributed by atoms with E-state index in [0.717, 1.165) is 12.7 Å². The van der Waals surface area contributed by atoms with Crippen molar-refractivity contribution in [3.63, 3.8) is 0 Å². The molecule has 1 aliphatic rings. The van der Waals surface area contributed by atoms with E-state index in [0.29, 0.717) is 49.0 Å². The van der Waals surface area contributed by atoms with Crippen molar-refractivity contribution in [2.75, 3.05) is 13.7 Å². The average molecular weight is 876 g/mol. The van der Waals surface area contributed by atoms with Crippen LogP contribution in [0.4, 0.5) is 0 Å². The van der Waals surface area contributed by atoms with Gasteiger partial charge in [-0.1, -0.05) is 35.6 Å². The smallest absolute Gasteiger partial charge is 0.338 e. The number of hydrogen-bond acceptors (Lipinski definition) is 9. The zero-order valence-corrected chi connectivity index (χ0v) is 31.4. The van der Waals surface area contributed by atoms with Crippen LogP contribution < -0.4 is 29.1 Å². The molecular weight excluding hydrogens is 844 g/mol. The first-order valence-corrected chi connectivity index (χ1v) is 17.7. The van der Waals surface area contributed by atoms with E-state index in [9.17, 15) is 14.9 Å². The number of nitrogens with zero attached hydrogens (tertiary/aromatic N) is 3. The monoisotopic (exact) mass is 875 g/mol. The second-order valence-corrected chi connectivity index (χ2v) is 14.2. The molecule has 0 unspecified atom stereocenters. The van der Waals surface area contributed by atoms with Crippen LogP contribution in [0.25, 0.3) is 6.08 Å². The Morgan fingerprint density at radius 2 is 1.91 bits per heavy atom. The van der Waals surface area contributed by atoms with E-state index in [4.69, 9.17) is 23.9 Å². The fourth-order valence-corrected chi connectivity index (χ4v) is 8.28. The van der Waals surface area contributed by atoms with Gasteiger partial charge in [0.05, 0.1) is 56.9 Å². The molecule has 47 heavy (non-hydrogen) atoms. The van der Waals surface area contributed by atoms with Crippen LogP contribution in [0, 0.1) is 18.5 Å². The lowest BCUT2D eigenvalue weighted by Gasteiger charge is -2.25. The molecule has 3 aromatic carbocycles. The van der Waals surface area contributed by atoms with Crippen LogP contribution in [0.5, 0.6) is 17.2 Å². The van der Waals surface area contributed by atoms with Gasteiger partial charge in [-0.15, -0.1) is 0 Å². The number of thiazole rings is 1. The Bertz CT molecular complexity index is 2110. The predicted molar refractivity (Wildman–Crippen MR) is 197 cm³/mol. The Kier molecular flexibility index (Phi) is 11.1. The Morgan fingerprint density at radius 3 is 2.62 bits per heavy atom. The maximum absolute atomic E-state index is 14.3. The second kappa shape index (κ2) is 15.0. The minimum absolute atomic E-state index is 0.0799. The summed E-state index contributed by atoms with van der Waals surface area (Å²) in [5.74, 6) is 1.07. The van der Waals surface area contributed by atoms with E-state index < -0.39 is 12.0 Å². The summed E-state index contributed by atoms with van der Waals surface area (Å²) < 4.78 is 27.1. The molecule has 242 valence electrons. The molecule has 5 rings (SSSR count). The molecule has 0 spiro atoms. The molecule has 0 N–H and O–H groups in total. The first kappa shape index (κ1) is 34.6. The molecule has 0 fully saturated rings. The third kappa shape index (κ3) is 7.42. The van der Waals surface area contributed by atoms with E-state index in [2.05, 4.69) is 51.3 Å². The van der Waals surface area contributed by atoms with Crippen LogP contribution >= 0.6 is 56.5 Å². The summed E-state index contributed by atoms with van der Waals surface area (Å²) in [6.07, 6.45) is 1.71. The fraction of sp³-hybridized carbons (Fsp3) is 0.257. The summed E-state index contributed by atoms with van der Waals surface area (Å²) in [6.45, 7) is 7.68. The van der Waals surface area contributed by atoms with E-state index in [1.807, 2.05) is 50.2 Å². The number of allylic oxidation sites excluding steroid dienone is 1. The largest absolute Gasteiger partial charge is 0.493 e. The molecule has 12 heteroatoms. The average Bonchev–Trinajstić information content (AvgIpc) is 3.33. The van der Waals surface area contributed by atoms with Crippen molar-refractivity contribution >= 4 is 68.6 Å². The minimum atomic E-state index is -0.816. The van der Waals surface area contributed by atoms with Crippen molar-refractivity contribution < 1.29 is 23.7 Å². The van der Waals surface area contributed by atoms with Crippen LogP contribution in [0.2, 0.25) is 0 Å². The molecule has 1 aliphatic heterocycles.